The van der Waals surface area contributed by atoms with E-state index in [0.29, 0.717) is 11.1 Å². The SMILES string of the molecule is COC(=O)Cc1ccc(Br)cc1C(=O)N(C)C. The summed E-state index contributed by atoms with van der Waals surface area (Å²) in [7, 11) is 4.67. The van der Waals surface area contributed by atoms with Crippen LogP contribution in [0.5, 0.6) is 0 Å². The number of hydrogen-bond donors (Lipinski definition) is 0. The number of halogens is 1. The van der Waals surface area contributed by atoms with Crippen molar-refractivity contribution in [2.75, 3.05) is 21.2 Å². The topological polar surface area (TPSA) is 46.6 Å². The van der Waals surface area contributed by atoms with Crippen LogP contribution in [0.3, 0.4) is 0 Å². The number of methoxy groups -OCH3 is 1. The average molecular weight is 300 g/mol. The van der Waals surface area contributed by atoms with Crippen LogP contribution >= 0.6 is 15.9 Å². The molecule has 5 heteroatoms. The Labute approximate surface area is 109 Å². The Kier molecular flexibility index (Phi) is 4.69. The summed E-state index contributed by atoms with van der Waals surface area (Å²) in [6.07, 6.45) is 0.0959. The second-order valence-electron chi connectivity index (χ2n) is 3.75. The highest BCUT2D eigenvalue weighted by molar-refractivity contribution is 9.10. The van der Waals surface area contributed by atoms with Gasteiger partial charge in [-0.25, -0.2) is 0 Å². The molecule has 1 rings (SSSR count). The Balaban J connectivity index is 3.12. The van der Waals surface area contributed by atoms with Gasteiger partial charge in [-0.1, -0.05) is 22.0 Å². The number of carbonyl (C=O) groups excluding carboxylic acids is 2. The van der Waals surface area contributed by atoms with Gasteiger partial charge in [0.05, 0.1) is 13.5 Å². The monoisotopic (exact) mass is 299 g/mol. The summed E-state index contributed by atoms with van der Waals surface area (Å²) >= 11 is 3.31. The van der Waals surface area contributed by atoms with Crippen LogP contribution in [0.4, 0.5) is 0 Å². The molecule has 0 aliphatic rings. The van der Waals surface area contributed by atoms with Crippen molar-refractivity contribution in [3.05, 3.63) is 33.8 Å². The van der Waals surface area contributed by atoms with Crippen molar-refractivity contribution in [3.8, 4) is 0 Å². The summed E-state index contributed by atoms with van der Waals surface area (Å²) in [5.74, 6) is -0.495. The molecule has 0 aliphatic heterocycles. The summed E-state index contributed by atoms with van der Waals surface area (Å²) in [6, 6.07) is 5.25. The fraction of sp³-hybridized carbons (Fsp3) is 0.333. The second kappa shape index (κ2) is 5.82. The van der Waals surface area contributed by atoms with Gasteiger partial charge in [0.25, 0.3) is 5.91 Å². The Morgan fingerprint density at radius 2 is 2.00 bits per heavy atom. The van der Waals surface area contributed by atoms with Gasteiger partial charge in [-0.3, -0.25) is 9.59 Å². The number of nitrogens with zero attached hydrogens (tertiary/aromatic N) is 1. The lowest BCUT2D eigenvalue weighted by atomic mass is 10.0. The van der Waals surface area contributed by atoms with Crippen LogP contribution in [0.15, 0.2) is 22.7 Å². The molecule has 0 spiro atoms. The Bertz CT molecular complexity index is 443. The van der Waals surface area contributed by atoms with Gasteiger partial charge in [0.2, 0.25) is 0 Å². The predicted molar refractivity (Wildman–Crippen MR) is 67.9 cm³/mol. The van der Waals surface area contributed by atoms with Gasteiger partial charge in [0.1, 0.15) is 0 Å². The fourth-order valence-corrected chi connectivity index (χ4v) is 1.73. The molecule has 4 nitrogen and oxygen atoms in total. The molecule has 0 radical (unpaired) electrons. The highest BCUT2D eigenvalue weighted by Crippen LogP contribution is 2.18. The van der Waals surface area contributed by atoms with Gasteiger partial charge >= 0.3 is 5.97 Å². The Morgan fingerprint density at radius 3 is 2.53 bits per heavy atom. The summed E-state index contributed by atoms with van der Waals surface area (Å²) in [5.41, 5.74) is 1.17. The molecule has 0 heterocycles. The maximum absolute atomic E-state index is 11.9. The standard InChI is InChI=1S/C12H14BrNO3/c1-14(2)12(16)10-7-9(13)5-4-8(10)6-11(15)17-3/h4-5,7H,6H2,1-3H3. The zero-order chi connectivity index (χ0) is 13.0. The molecule has 1 aromatic rings. The third-order valence-corrected chi connectivity index (χ3v) is 2.76. The van der Waals surface area contributed by atoms with Crippen molar-refractivity contribution in [3.63, 3.8) is 0 Å². The summed E-state index contributed by atoms with van der Waals surface area (Å²) in [5, 5.41) is 0. The maximum atomic E-state index is 11.9. The largest absolute Gasteiger partial charge is 0.469 e. The maximum Gasteiger partial charge on any atom is 0.310 e. The highest BCUT2D eigenvalue weighted by Gasteiger charge is 2.16. The van der Waals surface area contributed by atoms with Crippen molar-refractivity contribution in [2.45, 2.75) is 6.42 Å². The fourth-order valence-electron chi connectivity index (χ4n) is 1.37. The van der Waals surface area contributed by atoms with E-state index in [4.69, 9.17) is 0 Å². The first-order valence-electron chi connectivity index (χ1n) is 5.02. The third kappa shape index (κ3) is 3.56. The summed E-state index contributed by atoms with van der Waals surface area (Å²) in [4.78, 5) is 24.7. The quantitative estimate of drug-likeness (QED) is 0.801. The van der Waals surface area contributed by atoms with Gasteiger partial charge < -0.3 is 9.64 Å². The third-order valence-electron chi connectivity index (χ3n) is 2.27. The Hall–Kier alpha value is -1.36. The first kappa shape index (κ1) is 13.7. The van der Waals surface area contributed by atoms with Crippen LogP contribution in [0.25, 0.3) is 0 Å². The van der Waals surface area contributed by atoms with Crippen LogP contribution in [0, 0.1) is 0 Å². The lowest BCUT2D eigenvalue weighted by Gasteiger charge is -2.14. The number of rotatable bonds is 3. The van der Waals surface area contributed by atoms with Gasteiger partial charge in [-0.15, -0.1) is 0 Å². The molecule has 17 heavy (non-hydrogen) atoms. The van der Waals surface area contributed by atoms with Crippen molar-refractivity contribution >= 4 is 27.8 Å². The van der Waals surface area contributed by atoms with E-state index in [-0.39, 0.29) is 18.3 Å². The van der Waals surface area contributed by atoms with Gasteiger partial charge in [-0.05, 0) is 17.7 Å². The molecular weight excluding hydrogens is 286 g/mol. The number of ether oxygens (including phenoxy) is 1. The molecule has 0 fully saturated rings. The molecular formula is C12H14BrNO3. The molecule has 0 saturated heterocycles. The minimum atomic E-state index is -0.361. The van der Waals surface area contributed by atoms with E-state index in [1.165, 1.54) is 12.0 Å². The van der Waals surface area contributed by atoms with Crippen molar-refractivity contribution in [1.82, 2.24) is 4.90 Å². The highest BCUT2D eigenvalue weighted by atomic mass is 79.9. The minimum absolute atomic E-state index is 0.0959. The van der Waals surface area contributed by atoms with Crippen LogP contribution in [0.1, 0.15) is 15.9 Å². The van der Waals surface area contributed by atoms with E-state index < -0.39 is 0 Å². The van der Waals surface area contributed by atoms with Gasteiger partial charge in [0, 0.05) is 24.1 Å². The van der Waals surface area contributed by atoms with Gasteiger partial charge in [-0.2, -0.15) is 0 Å². The zero-order valence-electron chi connectivity index (χ0n) is 9.99. The number of amides is 1. The molecule has 0 bridgehead atoms. The molecule has 0 atom stereocenters. The van der Waals surface area contributed by atoms with Crippen LogP contribution in [-0.4, -0.2) is 38.0 Å². The van der Waals surface area contributed by atoms with Gasteiger partial charge in [0.15, 0.2) is 0 Å². The number of carbonyl (C=O) groups is 2. The van der Waals surface area contributed by atoms with Crippen molar-refractivity contribution < 1.29 is 14.3 Å². The lowest BCUT2D eigenvalue weighted by Crippen LogP contribution is -2.23. The van der Waals surface area contributed by atoms with Crippen molar-refractivity contribution in [2.24, 2.45) is 0 Å². The van der Waals surface area contributed by atoms with E-state index >= 15 is 0 Å². The first-order valence-corrected chi connectivity index (χ1v) is 5.82. The number of esters is 1. The first-order chi connectivity index (χ1) is 7.95. The number of hydrogen-bond acceptors (Lipinski definition) is 3. The molecule has 0 N–H and O–H groups in total. The molecule has 92 valence electrons. The molecule has 1 aromatic carbocycles. The van der Waals surface area contributed by atoms with Crippen molar-refractivity contribution in [1.29, 1.82) is 0 Å². The molecule has 0 aliphatic carbocycles. The molecule has 0 saturated carbocycles. The van der Waals surface area contributed by atoms with Crippen LogP contribution < -0.4 is 0 Å². The van der Waals surface area contributed by atoms with E-state index in [2.05, 4.69) is 20.7 Å². The molecule has 0 aromatic heterocycles. The second-order valence-corrected chi connectivity index (χ2v) is 4.67. The smallest absolute Gasteiger partial charge is 0.310 e. The zero-order valence-corrected chi connectivity index (χ0v) is 11.6. The predicted octanol–water partition coefficient (Wildman–Crippen LogP) is 1.87. The normalized spacial score (nSPS) is 9.88. The molecule has 1 amide bonds. The minimum Gasteiger partial charge on any atom is -0.469 e. The average Bonchev–Trinajstić information content (AvgIpc) is 2.30. The number of benzene rings is 1. The summed E-state index contributed by atoms with van der Waals surface area (Å²) in [6.45, 7) is 0. The van der Waals surface area contributed by atoms with E-state index in [1.807, 2.05) is 0 Å². The Morgan fingerprint density at radius 1 is 1.35 bits per heavy atom. The molecule has 0 unspecified atom stereocenters. The van der Waals surface area contributed by atoms with E-state index in [9.17, 15) is 9.59 Å². The van der Waals surface area contributed by atoms with E-state index in [0.717, 1.165) is 4.47 Å². The summed E-state index contributed by atoms with van der Waals surface area (Å²) < 4.78 is 5.41. The van der Waals surface area contributed by atoms with Crippen LogP contribution in [0.2, 0.25) is 0 Å². The van der Waals surface area contributed by atoms with E-state index in [1.54, 1.807) is 32.3 Å². The lowest BCUT2D eigenvalue weighted by molar-refractivity contribution is -0.139. The van der Waals surface area contributed by atoms with Crippen LogP contribution in [-0.2, 0) is 16.0 Å².